The highest BCUT2D eigenvalue weighted by atomic mass is 16.5. The highest BCUT2D eigenvalue weighted by molar-refractivity contribution is 5.38. The van der Waals surface area contributed by atoms with Crippen molar-refractivity contribution in [2.45, 2.75) is 65.0 Å². The number of aliphatic hydroxyl groups is 1. The van der Waals surface area contributed by atoms with Gasteiger partial charge < -0.3 is 15.2 Å². The molecule has 0 radical (unpaired) electrons. The molecular formula is C21H36N2O2. The standard InChI is InChI=1S/C21H36N2O2/c1-6-23-11-7-8-18(23)13-22-14-19(24)15-25-20-10-9-17(12-16(20)2)21(3,4)5/h9-10,12,18-19,22,24H,6-8,11,13-15H2,1-5H3/t18-,19+/m1/s1. The van der Waals surface area contributed by atoms with Gasteiger partial charge in [0.1, 0.15) is 18.5 Å². The molecule has 0 saturated carbocycles. The summed E-state index contributed by atoms with van der Waals surface area (Å²) >= 11 is 0. The summed E-state index contributed by atoms with van der Waals surface area (Å²) in [5.74, 6) is 0.861. The first-order valence-electron chi connectivity index (χ1n) is 9.68. The van der Waals surface area contributed by atoms with Crippen molar-refractivity contribution in [1.29, 1.82) is 0 Å². The Bertz CT molecular complexity index is 539. The third kappa shape index (κ3) is 5.98. The highest BCUT2D eigenvalue weighted by Crippen LogP contribution is 2.27. The van der Waals surface area contributed by atoms with Crippen LogP contribution in [0.1, 0.15) is 51.7 Å². The fourth-order valence-corrected chi connectivity index (χ4v) is 3.48. The molecule has 0 aromatic heterocycles. The number of likely N-dealkylation sites (N-methyl/N-ethyl adjacent to an activating group) is 1. The van der Waals surface area contributed by atoms with Gasteiger partial charge in [-0.1, -0.05) is 39.8 Å². The molecule has 0 spiro atoms. The van der Waals surface area contributed by atoms with E-state index in [0.29, 0.717) is 19.2 Å². The number of aryl methyl sites for hydroxylation is 1. The molecule has 1 heterocycles. The van der Waals surface area contributed by atoms with E-state index in [2.05, 4.69) is 57.0 Å². The van der Waals surface area contributed by atoms with Crippen molar-refractivity contribution in [2.75, 3.05) is 32.8 Å². The van der Waals surface area contributed by atoms with Crippen LogP contribution in [0.25, 0.3) is 0 Å². The van der Waals surface area contributed by atoms with Crippen molar-refractivity contribution >= 4 is 0 Å². The monoisotopic (exact) mass is 348 g/mol. The molecule has 0 unspecified atom stereocenters. The first-order valence-corrected chi connectivity index (χ1v) is 9.68. The zero-order chi connectivity index (χ0) is 18.4. The average molecular weight is 349 g/mol. The van der Waals surface area contributed by atoms with Crippen LogP contribution < -0.4 is 10.1 Å². The zero-order valence-electron chi connectivity index (χ0n) is 16.6. The molecule has 142 valence electrons. The molecular weight excluding hydrogens is 312 g/mol. The molecule has 1 saturated heterocycles. The van der Waals surface area contributed by atoms with E-state index in [4.69, 9.17) is 4.74 Å². The highest BCUT2D eigenvalue weighted by Gasteiger charge is 2.22. The number of aliphatic hydroxyl groups excluding tert-OH is 1. The summed E-state index contributed by atoms with van der Waals surface area (Å²) < 4.78 is 5.83. The number of benzene rings is 1. The number of nitrogens with zero attached hydrogens (tertiary/aromatic N) is 1. The van der Waals surface area contributed by atoms with Gasteiger partial charge in [-0.15, -0.1) is 0 Å². The van der Waals surface area contributed by atoms with Gasteiger partial charge in [0.25, 0.3) is 0 Å². The third-order valence-corrected chi connectivity index (χ3v) is 5.14. The Hall–Kier alpha value is -1.10. The molecule has 1 fully saturated rings. The van der Waals surface area contributed by atoms with Gasteiger partial charge in [0.05, 0.1) is 0 Å². The lowest BCUT2D eigenvalue weighted by Crippen LogP contribution is -2.41. The van der Waals surface area contributed by atoms with Crippen LogP contribution in [0.4, 0.5) is 0 Å². The number of ether oxygens (including phenoxy) is 1. The lowest BCUT2D eigenvalue weighted by atomic mass is 9.86. The van der Waals surface area contributed by atoms with E-state index < -0.39 is 6.10 Å². The maximum absolute atomic E-state index is 10.2. The third-order valence-electron chi connectivity index (χ3n) is 5.14. The smallest absolute Gasteiger partial charge is 0.122 e. The van der Waals surface area contributed by atoms with E-state index in [1.807, 2.05) is 6.07 Å². The van der Waals surface area contributed by atoms with Crippen molar-refractivity contribution in [3.63, 3.8) is 0 Å². The molecule has 0 bridgehead atoms. The number of rotatable bonds is 8. The fourth-order valence-electron chi connectivity index (χ4n) is 3.48. The van der Waals surface area contributed by atoms with E-state index in [1.54, 1.807) is 0 Å². The van der Waals surface area contributed by atoms with Crippen molar-refractivity contribution in [3.05, 3.63) is 29.3 Å². The maximum atomic E-state index is 10.2. The van der Waals surface area contributed by atoms with Gasteiger partial charge in [-0.2, -0.15) is 0 Å². The van der Waals surface area contributed by atoms with E-state index in [-0.39, 0.29) is 5.41 Å². The van der Waals surface area contributed by atoms with Gasteiger partial charge in [-0.3, -0.25) is 4.90 Å². The van der Waals surface area contributed by atoms with Gasteiger partial charge in [0.15, 0.2) is 0 Å². The molecule has 1 aliphatic rings. The summed E-state index contributed by atoms with van der Waals surface area (Å²) in [5, 5.41) is 13.6. The van der Waals surface area contributed by atoms with Crippen molar-refractivity contribution in [1.82, 2.24) is 10.2 Å². The zero-order valence-corrected chi connectivity index (χ0v) is 16.6. The summed E-state index contributed by atoms with van der Waals surface area (Å²) in [4.78, 5) is 2.51. The molecule has 25 heavy (non-hydrogen) atoms. The van der Waals surface area contributed by atoms with Crippen LogP contribution >= 0.6 is 0 Å². The van der Waals surface area contributed by atoms with Crippen LogP contribution in [-0.2, 0) is 5.41 Å². The molecule has 1 aromatic carbocycles. The Morgan fingerprint density at radius 1 is 1.36 bits per heavy atom. The summed E-state index contributed by atoms with van der Waals surface area (Å²) in [5.41, 5.74) is 2.56. The summed E-state index contributed by atoms with van der Waals surface area (Å²) in [6, 6.07) is 6.93. The second-order valence-corrected chi connectivity index (χ2v) is 8.28. The molecule has 4 nitrogen and oxygen atoms in total. The van der Waals surface area contributed by atoms with Crippen molar-refractivity contribution in [3.8, 4) is 5.75 Å². The summed E-state index contributed by atoms with van der Waals surface area (Å²) in [7, 11) is 0. The molecule has 4 heteroatoms. The van der Waals surface area contributed by atoms with E-state index >= 15 is 0 Å². The Morgan fingerprint density at radius 2 is 2.12 bits per heavy atom. The normalized spacial score (nSPS) is 20.0. The molecule has 2 N–H and O–H groups in total. The first kappa shape index (κ1) is 20.2. The molecule has 1 aromatic rings. The van der Waals surface area contributed by atoms with Gasteiger partial charge in [0, 0.05) is 19.1 Å². The van der Waals surface area contributed by atoms with E-state index in [9.17, 15) is 5.11 Å². The first-order chi connectivity index (χ1) is 11.8. The van der Waals surface area contributed by atoms with Crippen LogP contribution in [-0.4, -0.2) is 54.9 Å². The minimum absolute atomic E-state index is 0.138. The van der Waals surface area contributed by atoms with Gasteiger partial charge in [-0.25, -0.2) is 0 Å². The van der Waals surface area contributed by atoms with Crippen LogP contribution in [0, 0.1) is 6.92 Å². The maximum Gasteiger partial charge on any atom is 0.122 e. The van der Waals surface area contributed by atoms with Crippen LogP contribution in [0.3, 0.4) is 0 Å². The predicted molar refractivity (Wildman–Crippen MR) is 105 cm³/mol. The van der Waals surface area contributed by atoms with Gasteiger partial charge in [-0.05, 0) is 55.5 Å². The second kappa shape index (κ2) is 9.02. The molecule has 0 aliphatic carbocycles. The Kier molecular flexibility index (Phi) is 7.29. The van der Waals surface area contributed by atoms with Crippen molar-refractivity contribution < 1.29 is 9.84 Å². The lowest BCUT2D eigenvalue weighted by Gasteiger charge is -2.24. The van der Waals surface area contributed by atoms with Crippen molar-refractivity contribution in [2.24, 2.45) is 0 Å². The topological polar surface area (TPSA) is 44.7 Å². The quantitative estimate of drug-likeness (QED) is 0.758. The fraction of sp³-hybridized carbons (Fsp3) is 0.714. The predicted octanol–water partition coefficient (Wildman–Crippen LogP) is 3.11. The molecule has 2 rings (SSSR count). The van der Waals surface area contributed by atoms with E-state index in [0.717, 1.165) is 24.4 Å². The number of hydrogen-bond donors (Lipinski definition) is 2. The van der Waals surface area contributed by atoms with Crippen LogP contribution in [0.15, 0.2) is 18.2 Å². The minimum atomic E-state index is -0.488. The van der Waals surface area contributed by atoms with Crippen LogP contribution in [0.2, 0.25) is 0 Å². The molecule has 0 amide bonds. The van der Waals surface area contributed by atoms with Crippen LogP contribution in [0.5, 0.6) is 5.75 Å². The number of hydrogen-bond acceptors (Lipinski definition) is 4. The average Bonchev–Trinajstić information content (AvgIpc) is 3.00. The SMILES string of the molecule is CCN1CCC[C@@H]1CNC[C@H](O)COc1ccc(C(C)(C)C)cc1C. The number of likely N-dealkylation sites (tertiary alicyclic amines) is 1. The lowest BCUT2D eigenvalue weighted by molar-refractivity contribution is 0.104. The van der Waals surface area contributed by atoms with Gasteiger partial charge in [0.2, 0.25) is 0 Å². The Labute approximate surface area is 153 Å². The van der Waals surface area contributed by atoms with Gasteiger partial charge >= 0.3 is 0 Å². The largest absolute Gasteiger partial charge is 0.491 e. The molecule has 2 atom stereocenters. The molecule has 1 aliphatic heterocycles. The Balaban J connectivity index is 1.73. The minimum Gasteiger partial charge on any atom is -0.491 e. The summed E-state index contributed by atoms with van der Waals surface area (Å²) in [6.45, 7) is 15.1. The second-order valence-electron chi connectivity index (χ2n) is 8.28. The van der Waals surface area contributed by atoms with E-state index in [1.165, 1.54) is 24.9 Å². The Morgan fingerprint density at radius 3 is 2.76 bits per heavy atom. The number of nitrogens with one attached hydrogen (secondary N) is 1. The summed E-state index contributed by atoms with van der Waals surface area (Å²) in [6.07, 6.45) is 2.06.